The number of aromatic nitrogens is 4. The van der Waals surface area contributed by atoms with Crippen molar-refractivity contribution in [3.8, 4) is 34.7 Å². The predicted molar refractivity (Wildman–Crippen MR) is 306 cm³/mol. The molecule has 0 spiro atoms. The van der Waals surface area contributed by atoms with E-state index >= 15 is 0 Å². The van der Waals surface area contributed by atoms with E-state index in [1.165, 1.54) is 0 Å². The SMILES string of the molecule is Cc1ccccc1-c1c2/c(=C(\C#N)c3ccc4ccccc4n3)n(B(c3ccccc3)c3ccccc3)c(-c3ccccc3C)c2/c(=C(\C#N)c2ccc3ccccc3n2)n1B(c1ccccc1)c1ccccc1. The quantitative estimate of drug-likeness (QED) is 0.128. The standard InChI is InChI=1S/C66H46B2N6/c1-45-23-15-19-35-53(45)63-61-62(66(56(44-70)60-42-40-48-26-18-22-38-58(48)72-60)73(63)67(49-27-7-3-8-28-49)50-29-9-4-10-30-50)64(54-36-20-16-24-46(54)2)74(68(51-31-11-5-12-32-51)52-33-13-6-14-34-52)65(61)55(43-69)59-41-39-47-25-17-21-37-57(47)71-59/h3-42H,1-2H3/b65-55-,66-56-. The maximum absolute atomic E-state index is 12.2. The second kappa shape index (κ2) is 19.5. The highest BCUT2D eigenvalue weighted by atomic mass is 15.0. The summed E-state index contributed by atoms with van der Waals surface area (Å²) in [6.45, 7) is 3.33. The highest BCUT2D eigenvalue weighted by molar-refractivity contribution is 6.85. The lowest BCUT2D eigenvalue weighted by molar-refractivity contribution is 1.12. The molecule has 74 heavy (non-hydrogen) atoms. The summed E-state index contributed by atoms with van der Waals surface area (Å²) in [5.41, 5.74) is 13.2. The van der Waals surface area contributed by atoms with Crippen molar-refractivity contribution in [2.24, 2.45) is 0 Å². The molecule has 0 aliphatic rings. The van der Waals surface area contributed by atoms with Gasteiger partial charge < -0.3 is 8.96 Å². The van der Waals surface area contributed by atoms with Crippen LogP contribution in [0.5, 0.6) is 0 Å². The Kier molecular flexibility index (Phi) is 11.9. The molecule has 4 aromatic heterocycles. The highest BCUT2D eigenvalue weighted by Gasteiger charge is 2.37. The van der Waals surface area contributed by atoms with Gasteiger partial charge in [-0.15, -0.1) is 0 Å². The number of rotatable bonds is 10. The van der Waals surface area contributed by atoms with Crippen LogP contribution in [-0.2, 0) is 0 Å². The minimum absolute atomic E-state index is 0.397. The van der Waals surface area contributed by atoms with Gasteiger partial charge in [-0.1, -0.05) is 240 Å². The number of aryl methyl sites for hydroxylation is 2. The van der Waals surface area contributed by atoms with E-state index in [1.807, 2.05) is 84.9 Å². The summed E-state index contributed by atoms with van der Waals surface area (Å²) in [6, 6.07) is 88.9. The van der Waals surface area contributed by atoms with Gasteiger partial charge in [-0.05, 0) is 49.2 Å². The third kappa shape index (κ3) is 7.87. The first-order chi connectivity index (χ1) is 36.5. The van der Waals surface area contributed by atoms with E-state index in [-0.39, 0.29) is 0 Å². The summed E-state index contributed by atoms with van der Waals surface area (Å²) >= 11 is 0. The molecule has 0 aliphatic heterocycles. The first-order valence-electron chi connectivity index (χ1n) is 24.9. The summed E-state index contributed by atoms with van der Waals surface area (Å²) in [6.07, 6.45) is 0. The fourth-order valence-corrected chi connectivity index (χ4v) is 11.0. The van der Waals surface area contributed by atoms with Crippen molar-refractivity contribution < 1.29 is 0 Å². The number of hydrogen-bond donors (Lipinski definition) is 0. The largest absolute Gasteiger partial charge is 0.374 e. The van der Waals surface area contributed by atoms with E-state index in [4.69, 9.17) is 9.97 Å². The molecule has 0 bridgehead atoms. The molecule has 0 amide bonds. The molecule has 0 unspecified atom stereocenters. The fraction of sp³-hybridized carbons (Fsp3) is 0.0303. The zero-order valence-corrected chi connectivity index (χ0v) is 40.9. The monoisotopic (exact) mass is 944 g/mol. The molecule has 0 N–H and O–H groups in total. The van der Waals surface area contributed by atoms with Gasteiger partial charge in [0.2, 0.25) is 0 Å². The maximum atomic E-state index is 12.2. The molecule has 0 saturated heterocycles. The number of para-hydroxylation sites is 2. The Hall–Kier alpha value is -9.75. The minimum atomic E-state index is -0.479. The molecule has 8 aromatic carbocycles. The number of fused-ring (bicyclic) bond motifs is 3. The Balaban J connectivity index is 1.46. The molecule has 12 aromatic rings. The lowest BCUT2D eigenvalue weighted by Crippen LogP contribution is -2.54. The Morgan fingerprint density at radius 3 is 1.01 bits per heavy atom. The molecule has 0 atom stereocenters. The van der Waals surface area contributed by atoms with Crippen molar-refractivity contribution in [3.63, 3.8) is 0 Å². The molecular formula is C66H46B2N6. The van der Waals surface area contributed by atoms with E-state index in [9.17, 15) is 10.5 Å². The number of pyridine rings is 2. The molecule has 6 nitrogen and oxygen atoms in total. The molecule has 0 saturated carbocycles. The maximum Gasteiger partial charge on any atom is 0.328 e. The molecule has 8 heteroatoms. The van der Waals surface area contributed by atoms with Crippen LogP contribution in [0.3, 0.4) is 0 Å². The summed E-state index contributed by atoms with van der Waals surface area (Å²) in [7, 11) is 0. The average molecular weight is 945 g/mol. The molecule has 346 valence electrons. The summed E-state index contributed by atoms with van der Waals surface area (Å²) in [5.74, 6) is 0. The van der Waals surface area contributed by atoms with Crippen molar-refractivity contribution in [1.82, 2.24) is 18.9 Å². The van der Waals surface area contributed by atoms with Gasteiger partial charge in [0.05, 0.1) is 33.1 Å². The molecule has 0 fully saturated rings. The van der Waals surface area contributed by atoms with Crippen molar-refractivity contribution >= 4 is 79.3 Å². The summed E-state index contributed by atoms with van der Waals surface area (Å²) in [5, 5.41) is 29.4. The van der Waals surface area contributed by atoms with Crippen LogP contribution in [0, 0.1) is 36.5 Å². The van der Waals surface area contributed by atoms with E-state index in [0.29, 0.717) is 33.2 Å². The van der Waals surface area contributed by atoms with E-state index < -0.39 is 13.7 Å². The molecule has 0 aliphatic carbocycles. The van der Waals surface area contributed by atoms with Gasteiger partial charge in [0, 0.05) is 44.1 Å². The van der Waals surface area contributed by atoms with Crippen molar-refractivity contribution in [1.29, 1.82) is 10.5 Å². The smallest absolute Gasteiger partial charge is 0.328 e. The van der Waals surface area contributed by atoms with Crippen LogP contribution >= 0.6 is 0 Å². The molecule has 12 rings (SSSR count). The van der Waals surface area contributed by atoms with Crippen molar-refractivity contribution in [3.05, 3.63) is 276 Å². The Labute approximate surface area is 430 Å². The molecule has 0 radical (unpaired) electrons. The number of hydrogen-bond acceptors (Lipinski definition) is 4. The molecular weight excluding hydrogens is 898 g/mol. The molecule has 4 heterocycles. The third-order valence-corrected chi connectivity index (χ3v) is 14.3. The first kappa shape index (κ1) is 45.4. The number of benzene rings is 8. The van der Waals surface area contributed by atoms with Crippen LogP contribution in [0.25, 0.3) is 66.2 Å². The van der Waals surface area contributed by atoms with Crippen molar-refractivity contribution in [2.75, 3.05) is 0 Å². The highest BCUT2D eigenvalue weighted by Crippen LogP contribution is 2.38. The van der Waals surface area contributed by atoms with Crippen LogP contribution in [0.15, 0.2) is 243 Å². The van der Waals surface area contributed by atoms with Gasteiger partial charge >= 0.3 is 13.7 Å². The van der Waals surface area contributed by atoms with Gasteiger partial charge in [-0.25, -0.2) is 9.97 Å². The van der Waals surface area contributed by atoms with E-state index in [2.05, 4.69) is 193 Å². The number of nitrogens with zero attached hydrogens (tertiary/aromatic N) is 6. The zero-order valence-electron chi connectivity index (χ0n) is 40.9. The topological polar surface area (TPSA) is 83.2 Å². The van der Waals surface area contributed by atoms with Crippen LogP contribution in [0.2, 0.25) is 0 Å². The minimum Gasteiger partial charge on any atom is -0.374 e. The first-order valence-corrected chi connectivity index (χ1v) is 24.9. The van der Waals surface area contributed by atoms with Gasteiger partial charge in [-0.2, -0.15) is 10.5 Å². The zero-order chi connectivity index (χ0) is 50.1. The summed E-state index contributed by atoms with van der Waals surface area (Å²) < 4.78 is 4.79. The second-order valence-corrected chi connectivity index (χ2v) is 18.7. The van der Waals surface area contributed by atoms with Crippen LogP contribution in [0.4, 0.5) is 0 Å². The predicted octanol–water partition coefficient (Wildman–Crippen LogP) is 10.2. The van der Waals surface area contributed by atoms with E-state index in [1.54, 1.807) is 0 Å². The van der Waals surface area contributed by atoms with E-state index in [0.717, 1.165) is 88.1 Å². The third-order valence-electron chi connectivity index (χ3n) is 14.3. The lowest BCUT2D eigenvalue weighted by Gasteiger charge is -2.25. The second-order valence-electron chi connectivity index (χ2n) is 18.7. The van der Waals surface area contributed by atoms with Gasteiger partial charge in [-0.3, -0.25) is 0 Å². The average Bonchev–Trinajstić information content (AvgIpc) is 3.97. The van der Waals surface area contributed by atoms with Gasteiger partial charge in [0.15, 0.2) is 0 Å². The summed E-state index contributed by atoms with van der Waals surface area (Å²) in [4.78, 5) is 10.7. The van der Waals surface area contributed by atoms with Crippen molar-refractivity contribution in [2.45, 2.75) is 13.8 Å². The van der Waals surface area contributed by atoms with Crippen LogP contribution in [-0.4, -0.2) is 32.6 Å². The number of nitriles is 2. The Morgan fingerprint density at radius 2 is 0.676 bits per heavy atom. The lowest BCUT2D eigenvalue weighted by atomic mass is 9.50. The normalized spacial score (nSPS) is 12.1. The Bertz CT molecular complexity index is 3950. The fourth-order valence-electron chi connectivity index (χ4n) is 11.0. The van der Waals surface area contributed by atoms with Crippen LogP contribution < -0.4 is 32.5 Å². The van der Waals surface area contributed by atoms with Gasteiger partial charge in [0.1, 0.15) is 23.3 Å². The van der Waals surface area contributed by atoms with Gasteiger partial charge in [0.25, 0.3) is 0 Å². The van der Waals surface area contributed by atoms with Crippen LogP contribution in [0.1, 0.15) is 22.5 Å². The Morgan fingerprint density at radius 1 is 0.365 bits per heavy atom.